The van der Waals surface area contributed by atoms with Crippen molar-refractivity contribution in [1.82, 2.24) is 19.6 Å². The van der Waals surface area contributed by atoms with E-state index in [1.807, 2.05) is 45.9 Å². The molecule has 0 atom stereocenters. The Kier molecular flexibility index (Phi) is 5.10. The van der Waals surface area contributed by atoms with E-state index < -0.39 is 0 Å². The molecule has 0 bridgehead atoms. The first-order valence-corrected chi connectivity index (χ1v) is 9.52. The Labute approximate surface area is 158 Å². The van der Waals surface area contributed by atoms with Crippen LogP contribution >= 0.6 is 27.7 Å². The molecule has 2 heterocycles. The second-order valence-corrected chi connectivity index (χ2v) is 7.61. The van der Waals surface area contributed by atoms with E-state index in [9.17, 15) is 4.79 Å². The van der Waals surface area contributed by atoms with Gasteiger partial charge in [-0.2, -0.15) is 4.98 Å². The average Bonchev–Trinajstić information content (AvgIpc) is 2.97. The maximum absolute atomic E-state index is 12.2. The molecular weight excluding hydrogens is 402 g/mol. The maximum Gasteiger partial charge on any atom is 0.253 e. The van der Waals surface area contributed by atoms with Crippen LogP contribution in [0.1, 0.15) is 22.5 Å². The number of rotatable bonds is 4. The number of hydrogen-bond donors (Lipinski definition) is 1. The molecule has 0 spiro atoms. The molecule has 8 heteroatoms. The van der Waals surface area contributed by atoms with Crippen LogP contribution in [0.25, 0.3) is 5.78 Å². The predicted octanol–water partition coefficient (Wildman–Crippen LogP) is 3.85. The number of amides is 1. The van der Waals surface area contributed by atoms with Crippen LogP contribution in [0.15, 0.2) is 27.8 Å². The van der Waals surface area contributed by atoms with E-state index in [-0.39, 0.29) is 11.7 Å². The largest absolute Gasteiger partial charge is 0.325 e. The third-order valence-corrected chi connectivity index (χ3v) is 5.74. The van der Waals surface area contributed by atoms with Crippen molar-refractivity contribution in [3.8, 4) is 0 Å². The molecule has 6 nitrogen and oxygen atoms in total. The zero-order chi connectivity index (χ0) is 18.1. The van der Waals surface area contributed by atoms with Gasteiger partial charge in [-0.05, 0) is 57.0 Å². The van der Waals surface area contributed by atoms with Crippen LogP contribution in [0.2, 0.25) is 0 Å². The first-order valence-electron chi connectivity index (χ1n) is 7.74. The summed E-state index contributed by atoms with van der Waals surface area (Å²) in [5.74, 6) is 0.706. The highest BCUT2D eigenvalue weighted by molar-refractivity contribution is 9.10. The van der Waals surface area contributed by atoms with Gasteiger partial charge in [-0.3, -0.25) is 4.79 Å². The minimum absolute atomic E-state index is 0.0948. The van der Waals surface area contributed by atoms with Gasteiger partial charge >= 0.3 is 0 Å². The Hall–Kier alpha value is -1.93. The Morgan fingerprint density at radius 1 is 1.24 bits per heavy atom. The highest BCUT2D eigenvalue weighted by Gasteiger charge is 2.13. The van der Waals surface area contributed by atoms with Crippen molar-refractivity contribution < 1.29 is 4.79 Å². The minimum atomic E-state index is -0.0948. The number of nitrogens with zero attached hydrogens (tertiary/aromatic N) is 4. The molecule has 0 aliphatic heterocycles. The fourth-order valence-corrected chi connectivity index (χ4v) is 3.21. The van der Waals surface area contributed by atoms with Crippen molar-refractivity contribution in [2.24, 2.45) is 0 Å². The Balaban J connectivity index is 1.68. The highest BCUT2D eigenvalue weighted by atomic mass is 79.9. The molecule has 130 valence electrons. The Bertz CT molecular complexity index is 969. The van der Waals surface area contributed by atoms with E-state index in [1.165, 1.54) is 11.8 Å². The molecule has 2 aromatic heterocycles. The lowest BCUT2D eigenvalue weighted by molar-refractivity contribution is -0.113. The zero-order valence-corrected chi connectivity index (χ0v) is 16.8. The summed E-state index contributed by atoms with van der Waals surface area (Å²) in [5.41, 5.74) is 4.89. The minimum Gasteiger partial charge on any atom is -0.325 e. The first-order chi connectivity index (χ1) is 11.8. The van der Waals surface area contributed by atoms with Gasteiger partial charge in [0.15, 0.2) is 0 Å². The number of halogens is 1. The molecule has 1 amide bonds. The number of anilines is 1. The summed E-state index contributed by atoms with van der Waals surface area (Å²) in [6.45, 7) is 7.94. The van der Waals surface area contributed by atoms with Gasteiger partial charge < -0.3 is 5.32 Å². The average molecular weight is 420 g/mol. The lowest BCUT2D eigenvalue weighted by Gasteiger charge is -2.06. The summed E-state index contributed by atoms with van der Waals surface area (Å²) in [6, 6.07) is 5.71. The number of nitrogens with one attached hydrogen (secondary N) is 1. The van der Waals surface area contributed by atoms with Crippen molar-refractivity contribution in [1.29, 1.82) is 0 Å². The molecule has 0 saturated heterocycles. The number of benzene rings is 1. The molecule has 0 saturated carbocycles. The van der Waals surface area contributed by atoms with Crippen molar-refractivity contribution in [2.45, 2.75) is 32.9 Å². The molecular formula is C17H18BrN5OS. The van der Waals surface area contributed by atoms with Gasteiger partial charge in [-0.15, -0.1) is 5.10 Å². The number of carbonyl (C=O) groups excluding carboxylic acids is 1. The predicted molar refractivity (Wildman–Crippen MR) is 103 cm³/mol. The van der Waals surface area contributed by atoms with Gasteiger partial charge in [0.1, 0.15) is 0 Å². The second-order valence-electron chi connectivity index (χ2n) is 5.81. The van der Waals surface area contributed by atoms with E-state index in [4.69, 9.17) is 0 Å². The van der Waals surface area contributed by atoms with Gasteiger partial charge in [-0.1, -0.05) is 27.7 Å². The molecule has 25 heavy (non-hydrogen) atoms. The molecule has 0 unspecified atom stereocenters. The summed E-state index contributed by atoms with van der Waals surface area (Å²) in [7, 11) is 0. The van der Waals surface area contributed by atoms with E-state index in [2.05, 4.69) is 36.3 Å². The topological polar surface area (TPSA) is 72.2 Å². The molecule has 3 aromatic rings. The van der Waals surface area contributed by atoms with Crippen LogP contribution in [-0.4, -0.2) is 31.2 Å². The lowest BCUT2D eigenvalue weighted by Crippen LogP contribution is -2.14. The fourth-order valence-electron chi connectivity index (χ4n) is 2.35. The van der Waals surface area contributed by atoms with E-state index in [1.54, 1.807) is 4.52 Å². The second kappa shape index (κ2) is 7.13. The van der Waals surface area contributed by atoms with Crippen LogP contribution in [0.5, 0.6) is 0 Å². The van der Waals surface area contributed by atoms with E-state index in [0.29, 0.717) is 10.9 Å². The zero-order valence-electron chi connectivity index (χ0n) is 14.4. The molecule has 1 N–H and O–H groups in total. The quantitative estimate of drug-likeness (QED) is 0.650. The van der Waals surface area contributed by atoms with Crippen LogP contribution in [0, 0.1) is 27.7 Å². The Morgan fingerprint density at radius 3 is 2.72 bits per heavy atom. The number of carbonyl (C=O) groups is 1. The Morgan fingerprint density at radius 2 is 2.00 bits per heavy atom. The fraction of sp³-hybridized carbons (Fsp3) is 0.294. The molecule has 0 aliphatic rings. The maximum atomic E-state index is 12.2. The highest BCUT2D eigenvalue weighted by Crippen LogP contribution is 2.21. The number of aromatic nitrogens is 4. The van der Waals surface area contributed by atoms with Crippen molar-refractivity contribution in [3.05, 3.63) is 45.2 Å². The standard InChI is InChI=1S/C17H18BrN5OS/c1-9-7-13(5-6-14(9)18)20-15(24)8-25-17-21-16-19-11(3)10(2)12(4)23(16)22-17/h5-7H,8H2,1-4H3,(H,20,24). The summed E-state index contributed by atoms with van der Waals surface area (Å²) in [4.78, 5) is 21.0. The van der Waals surface area contributed by atoms with E-state index >= 15 is 0 Å². The van der Waals surface area contributed by atoms with Crippen molar-refractivity contribution in [3.63, 3.8) is 0 Å². The third-order valence-electron chi connectivity index (χ3n) is 4.02. The van der Waals surface area contributed by atoms with Crippen molar-refractivity contribution >= 4 is 45.1 Å². The van der Waals surface area contributed by atoms with Crippen molar-refractivity contribution in [2.75, 3.05) is 11.1 Å². The summed E-state index contributed by atoms with van der Waals surface area (Å²) in [5, 5.41) is 7.87. The van der Waals surface area contributed by atoms with Crippen LogP contribution in [-0.2, 0) is 4.79 Å². The van der Waals surface area contributed by atoms with Crippen LogP contribution in [0.3, 0.4) is 0 Å². The molecule has 0 fully saturated rings. The lowest BCUT2D eigenvalue weighted by atomic mass is 10.2. The molecule has 0 radical (unpaired) electrons. The molecule has 3 rings (SSSR count). The third kappa shape index (κ3) is 3.85. The molecule has 0 aliphatic carbocycles. The number of thioether (sulfide) groups is 1. The van der Waals surface area contributed by atoms with E-state index in [0.717, 1.165) is 32.7 Å². The monoisotopic (exact) mass is 419 g/mol. The summed E-state index contributed by atoms with van der Waals surface area (Å²) >= 11 is 4.74. The van der Waals surface area contributed by atoms with Gasteiger partial charge in [0.05, 0.1) is 5.75 Å². The number of hydrogen-bond acceptors (Lipinski definition) is 5. The van der Waals surface area contributed by atoms with Gasteiger partial charge in [0.25, 0.3) is 5.78 Å². The summed E-state index contributed by atoms with van der Waals surface area (Å²) in [6.07, 6.45) is 0. The molecule has 1 aromatic carbocycles. The smallest absolute Gasteiger partial charge is 0.253 e. The SMILES string of the molecule is Cc1cc(NC(=O)CSc2nc3nc(C)c(C)c(C)n3n2)ccc1Br. The van der Waals surface area contributed by atoms with Crippen LogP contribution in [0.4, 0.5) is 5.69 Å². The summed E-state index contributed by atoms with van der Waals surface area (Å²) < 4.78 is 2.74. The first kappa shape index (κ1) is 17.9. The van der Waals surface area contributed by atoms with Gasteiger partial charge in [0, 0.05) is 21.5 Å². The van der Waals surface area contributed by atoms with Crippen LogP contribution < -0.4 is 5.32 Å². The van der Waals surface area contributed by atoms with Gasteiger partial charge in [-0.25, -0.2) is 9.50 Å². The normalized spacial score (nSPS) is 11.1. The number of fused-ring (bicyclic) bond motifs is 1. The number of aryl methyl sites for hydroxylation is 3. The van der Waals surface area contributed by atoms with Gasteiger partial charge in [0.2, 0.25) is 11.1 Å².